The lowest BCUT2D eigenvalue weighted by Crippen LogP contribution is -2.34. The third-order valence-electron chi connectivity index (χ3n) is 2.29. The largest absolute Gasteiger partial charge is 0.369 e. The van der Waals surface area contributed by atoms with Crippen LogP contribution in [0, 0.1) is 0 Å². The van der Waals surface area contributed by atoms with E-state index < -0.39 is 11.9 Å². The molecule has 0 aliphatic carbocycles. The van der Waals surface area contributed by atoms with Crippen LogP contribution in [-0.4, -0.2) is 23.6 Å². The van der Waals surface area contributed by atoms with E-state index in [0.29, 0.717) is 12.1 Å². The Morgan fingerprint density at radius 3 is 2.58 bits per heavy atom. The topological polar surface area (TPSA) is 98.2 Å². The first-order valence-corrected chi connectivity index (χ1v) is 6.59. The van der Waals surface area contributed by atoms with Gasteiger partial charge in [-0.2, -0.15) is 0 Å². The van der Waals surface area contributed by atoms with Crippen molar-refractivity contribution < 1.29 is 9.59 Å². The van der Waals surface area contributed by atoms with Gasteiger partial charge in [-0.05, 0) is 18.6 Å². The molecule has 0 fully saturated rings. The summed E-state index contributed by atoms with van der Waals surface area (Å²) in [6.07, 6.45) is 0.572. The highest BCUT2D eigenvalue weighted by atomic mass is 35.5. The van der Waals surface area contributed by atoms with Gasteiger partial charge in [-0.1, -0.05) is 19.1 Å². The van der Waals surface area contributed by atoms with Gasteiger partial charge < -0.3 is 16.8 Å². The maximum absolute atomic E-state index is 11.7. The quantitative estimate of drug-likeness (QED) is 0.691. The van der Waals surface area contributed by atoms with Gasteiger partial charge in [0, 0.05) is 4.90 Å². The van der Waals surface area contributed by atoms with Crippen molar-refractivity contribution in [1.82, 2.24) is 0 Å². The third kappa shape index (κ3) is 5.96. The summed E-state index contributed by atoms with van der Waals surface area (Å²) < 4.78 is 0. The van der Waals surface area contributed by atoms with E-state index in [4.69, 9.17) is 11.5 Å². The first-order chi connectivity index (χ1) is 8.54. The van der Waals surface area contributed by atoms with Gasteiger partial charge in [-0.3, -0.25) is 9.59 Å². The molecule has 5 nitrogen and oxygen atoms in total. The molecule has 0 bridgehead atoms. The summed E-state index contributed by atoms with van der Waals surface area (Å²) in [6.45, 7) is 1.85. The van der Waals surface area contributed by atoms with Crippen molar-refractivity contribution in [2.75, 3.05) is 11.1 Å². The molecule has 0 saturated heterocycles. The van der Waals surface area contributed by atoms with Gasteiger partial charge in [0.1, 0.15) is 0 Å². The Balaban J connectivity index is 0.00000324. The molecule has 0 aromatic heterocycles. The van der Waals surface area contributed by atoms with Gasteiger partial charge in [-0.25, -0.2) is 0 Å². The number of nitrogens with one attached hydrogen (secondary N) is 1. The van der Waals surface area contributed by atoms with E-state index in [9.17, 15) is 9.59 Å². The van der Waals surface area contributed by atoms with E-state index in [1.165, 1.54) is 11.8 Å². The van der Waals surface area contributed by atoms with Gasteiger partial charge in [-0.15, -0.1) is 24.2 Å². The van der Waals surface area contributed by atoms with Crippen molar-refractivity contribution >= 4 is 41.7 Å². The predicted octanol–water partition coefficient (Wildman–Crippen LogP) is 1.36. The fourth-order valence-corrected chi connectivity index (χ4v) is 2.00. The molecule has 1 aromatic rings. The molecule has 0 aliphatic heterocycles. The summed E-state index contributed by atoms with van der Waals surface area (Å²) in [5.41, 5.74) is 11.4. The van der Waals surface area contributed by atoms with Gasteiger partial charge in [0.25, 0.3) is 0 Å². The highest BCUT2D eigenvalue weighted by Gasteiger charge is 2.13. The number of rotatable bonds is 6. The van der Waals surface area contributed by atoms with Gasteiger partial charge in [0.05, 0.1) is 17.5 Å². The molecule has 19 heavy (non-hydrogen) atoms. The molecule has 2 amide bonds. The normalized spacial score (nSPS) is 11.3. The molecule has 0 heterocycles. The lowest BCUT2D eigenvalue weighted by molar-refractivity contribution is -0.117. The number of nitrogens with two attached hydrogens (primary N) is 2. The van der Waals surface area contributed by atoms with Crippen LogP contribution in [0.15, 0.2) is 29.2 Å². The summed E-state index contributed by atoms with van der Waals surface area (Å²) in [7, 11) is 0. The Kier molecular flexibility index (Phi) is 8.22. The molecule has 1 rings (SSSR count). The number of carbonyl (C=O) groups is 2. The average molecular weight is 304 g/mol. The van der Waals surface area contributed by atoms with Crippen LogP contribution in [0.3, 0.4) is 0 Å². The standard InChI is InChI=1S/C12H17N3O2S.ClH/c1-2-8(13)12(17)15-9-5-3-4-6-10(9)18-7-11(14)16;/h3-6,8H,2,7,13H2,1H3,(H2,14,16)(H,15,17);1H/t8-;/m0./s1. The number of amides is 2. The molecular weight excluding hydrogens is 286 g/mol. The van der Waals surface area contributed by atoms with E-state index in [2.05, 4.69) is 5.32 Å². The number of hydrogen-bond acceptors (Lipinski definition) is 4. The minimum absolute atomic E-state index is 0. The molecule has 0 unspecified atom stereocenters. The molecule has 1 aromatic carbocycles. The predicted molar refractivity (Wildman–Crippen MR) is 80.5 cm³/mol. The highest BCUT2D eigenvalue weighted by molar-refractivity contribution is 8.00. The zero-order valence-corrected chi connectivity index (χ0v) is 12.2. The number of para-hydroxylation sites is 1. The number of carbonyl (C=O) groups excluding carboxylic acids is 2. The van der Waals surface area contributed by atoms with Crippen molar-refractivity contribution in [3.63, 3.8) is 0 Å². The van der Waals surface area contributed by atoms with Crippen LogP contribution in [0.5, 0.6) is 0 Å². The lowest BCUT2D eigenvalue weighted by Gasteiger charge is -2.13. The molecule has 1 atom stereocenters. The highest BCUT2D eigenvalue weighted by Crippen LogP contribution is 2.26. The summed E-state index contributed by atoms with van der Waals surface area (Å²) in [5.74, 6) is -0.455. The second kappa shape index (κ2) is 8.79. The Labute approximate surface area is 122 Å². The van der Waals surface area contributed by atoms with Crippen LogP contribution < -0.4 is 16.8 Å². The Bertz CT molecular complexity index is 443. The molecule has 0 radical (unpaired) electrons. The van der Waals surface area contributed by atoms with E-state index in [0.717, 1.165) is 4.90 Å². The van der Waals surface area contributed by atoms with E-state index in [-0.39, 0.29) is 24.1 Å². The fourth-order valence-electron chi connectivity index (χ4n) is 1.26. The molecule has 7 heteroatoms. The zero-order chi connectivity index (χ0) is 13.5. The number of hydrogen-bond donors (Lipinski definition) is 3. The summed E-state index contributed by atoms with van der Waals surface area (Å²) in [4.78, 5) is 23.3. The number of benzene rings is 1. The Morgan fingerprint density at radius 2 is 2.00 bits per heavy atom. The van der Waals surface area contributed by atoms with Crippen LogP contribution in [0.2, 0.25) is 0 Å². The average Bonchev–Trinajstić information content (AvgIpc) is 2.36. The number of anilines is 1. The minimum atomic E-state index is -0.529. The van der Waals surface area contributed by atoms with Crippen molar-refractivity contribution in [2.24, 2.45) is 11.5 Å². The van der Waals surface area contributed by atoms with Crippen molar-refractivity contribution in [3.8, 4) is 0 Å². The van der Waals surface area contributed by atoms with E-state index >= 15 is 0 Å². The van der Waals surface area contributed by atoms with Crippen LogP contribution in [0.1, 0.15) is 13.3 Å². The molecular formula is C12H18ClN3O2S. The molecule has 0 aliphatic rings. The fraction of sp³-hybridized carbons (Fsp3) is 0.333. The summed E-state index contributed by atoms with van der Waals surface area (Å²) >= 11 is 1.29. The number of primary amides is 1. The second-order valence-electron chi connectivity index (χ2n) is 3.76. The van der Waals surface area contributed by atoms with Crippen LogP contribution >= 0.6 is 24.2 Å². The van der Waals surface area contributed by atoms with Crippen molar-refractivity contribution in [3.05, 3.63) is 24.3 Å². The summed E-state index contributed by atoms with van der Waals surface area (Å²) in [6, 6.07) is 6.70. The van der Waals surface area contributed by atoms with E-state index in [1.807, 2.05) is 19.1 Å². The molecule has 106 valence electrons. The van der Waals surface area contributed by atoms with E-state index in [1.54, 1.807) is 12.1 Å². The number of thioether (sulfide) groups is 1. The Morgan fingerprint density at radius 1 is 1.37 bits per heavy atom. The monoisotopic (exact) mass is 303 g/mol. The van der Waals surface area contributed by atoms with Crippen LogP contribution in [0.25, 0.3) is 0 Å². The number of halogens is 1. The SMILES string of the molecule is CC[C@H](N)C(=O)Nc1ccccc1SCC(N)=O.Cl. The molecule has 5 N–H and O–H groups in total. The first-order valence-electron chi connectivity index (χ1n) is 5.61. The Hall–Kier alpha value is -1.24. The summed E-state index contributed by atoms with van der Waals surface area (Å²) in [5, 5.41) is 2.75. The first kappa shape index (κ1) is 17.8. The molecule has 0 saturated carbocycles. The van der Waals surface area contributed by atoms with Crippen LogP contribution in [-0.2, 0) is 9.59 Å². The second-order valence-corrected chi connectivity index (χ2v) is 4.77. The third-order valence-corrected chi connectivity index (χ3v) is 3.39. The van der Waals surface area contributed by atoms with Crippen LogP contribution in [0.4, 0.5) is 5.69 Å². The smallest absolute Gasteiger partial charge is 0.241 e. The zero-order valence-electron chi connectivity index (χ0n) is 10.6. The lowest BCUT2D eigenvalue weighted by atomic mass is 10.2. The minimum Gasteiger partial charge on any atom is -0.369 e. The maximum atomic E-state index is 11.7. The van der Waals surface area contributed by atoms with Gasteiger partial charge in [0.2, 0.25) is 11.8 Å². The van der Waals surface area contributed by atoms with Crippen molar-refractivity contribution in [2.45, 2.75) is 24.3 Å². The van der Waals surface area contributed by atoms with Gasteiger partial charge in [0.15, 0.2) is 0 Å². The molecule has 0 spiro atoms. The maximum Gasteiger partial charge on any atom is 0.241 e. The van der Waals surface area contributed by atoms with Crippen molar-refractivity contribution in [1.29, 1.82) is 0 Å². The van der Waals surface area contributed by atoms with Gasteiger partial charge >= 0.3 is 0 Å².